The molecule has 0 amide bonds. The molecule has 2 atom stereocenters. The number of tetrazole rings is 2. The van der Waals surface area contributed by atoms with Gasteiger partial charge in [0.05, 0.1) is 51.4 Å². The lowest BCUT2D eigenvalue weighted by Crippen LogP contribution is -2.38. The van der Waals surface area contributed by atoms with Crippen molar-refractivity contribution in [3.05, 3.63) is 116 Å². The van der Waals surface area contributed by atoms with Crippen LogP contribution in [0.5, 0.6) is 34.5 Å². The molecule has 2 aliphatic rings. The van der Waals surface area contributed by atoms with Gasteiger partial charge in [0.25, 0.3) is 0 Å². The van der Waals surface area contributed by atoms with Crippen molar-refractivity contribution in [2.45, 2.75) is 90.5 Å². The highest BCUT2D eigenvalue weighted by molar-refractivity contribution is 6.03. The molecular formula is C49H56F2N12O7. The van der Waals surface area contributed by atoms with E-state index in [0.29, 0.717) is 45.4 Å². The molecule has 0 spiro atoms. The molecule has 6 aromatic rings. The monoisotopic (exact) mass is 962 g/mol. The lowest BCUT2D eigenvalue weighted by molar-refractivity contribution is -0.122. The number of aromatic nitrogens is 8. The number of hydrogen-bond donors (Lipinski definition) is 4. The Bertz CT molecular complexity index is 2740. The van der Waals surface area contributed by atoms with Crippen LogP contribution in [-0.4, -0.2) is 110 Å². The number of nitrogens with zero attached hydrogens (tertiary/aromatic N) is 8. The molecule has 4 N–H and O–H groups in total. The van der Waals surface area contributed by atoms with Crippen LogP contribution in [0.4, 0.5) is 8.78 Å². The van der Waals surface area contributed by atoms with Crippen LogP contribution in [0.25, 0.3) is 0 Å². The van der Waals surface area contributed by atoms with Gasteiger partial charge in [-0.05, 0) is 68.5 Å². The van der Waals surface area contributed by atoms with E-state index >= 15 is 13.6 Å². The number of benzene rings is 4. The second-order valence-electron chi connectivity index (χ2n) is 19.1. The summed E-state index contributed by atoms with van der Waals surface area (Å²) in [5.74, 6) is -2.15. The molecule has 0 bridgehead atoms. The van der Waals surface area contributed by atoms with Gasteiger partial charge in [-0.2, -0.15) is 10.4 Å². The van der Waals surface area contributed by atoms with Crippen LogP contribution in [-0.2, 0) is 41.9 Å². The maximum Gasteiger partial charge on any atom is 0.211 e. The smallest absolute Gasteiger partial charge is 0.211 e. The van der Waals surface area contributed by atoms with Crippen molar-refractivity contribution in [2.75, 3.05) is 41.5 Å². The molecule has 2 aliphatic heterocycles. The minimum Gasteiger partial charge on any atom is -0.493 e. The second kappa shape index (κ2) is 19.4. The van der Waals surface area contributed by atoms with E-state index in [1.54, 1.807) is 34.1 Å². The summed E-state index contributed by atoms with van der Waals surface area (Å²) in [5.41, 5.74) is 2.80. The second-order valence-corrected chi connectivity index (χ2v) is 19.1. The normalized spacial score (nSPS) is 14.3. The first-order chi connectivity index (χ1) is 33.4. The molecular weight excluding hydrogens is 907 g/mol. The van der Waals surface area contributed by atoms with Gasteiger partial charge in [0.1, 0.15) is 23.2 Å². The quantitative estimate of drug-likeness (QED) is 0.0686. The number of fused-ring (bicyclic) bond motifs is 2. The summed E-state index contributed by atoms with van der Waals surface area (Å²) in [4.78, 5) is 19.6. The number of carbonyl (C=O) groups is 1. The molecule has 0 saturated heterocycles. The van der Waals surface area contributed by atoms with Crippen LogP contribution in [0.1, 0.15) is 110 Å². The Balaban J connectivity index is 1.26. The lowest BCUT2D eigenvalue weighted by atomic mass is 9.78. The Labute approximate surface area is 403 Å². The van der Waals surface area contributed by atoms with E-state index < -0.39 is 34.3 Å². The topological polar surface area (TPSA) is 236 Å². The number of ketones is 1. The Hall–Kier alpha value is -7.71. The van der Waals surface area contributed by atoms with Crippen molar-refractivity contribution in [2.24, 2.45) is 0 Å². The number of amidine groups is 2. The maximum absolute atomic E-state index is 16.3. The summed E-state index contributed by atoms with van der Waals surface area (Å²) in [6, 6.07) is 14.4. The summed E-state index contributed by atoms with van der Waals surface area (Å²) < 4.78 is 66.7. The highest BCUT2D eigenvalue weighted by Crippen LogP contribution is 2.44. The molecule has 8 rings (SSSR count). The molecule has 4 heterocycles. The Morgan fingerprint density at radius 2 is 1.03 bits per heavy atom. The number of H-pyrrole nitrogens is 2. The SMILES string of the molecule is COc1cc2c(c(F)c1OC)C(=N)N(CC(C(=O)C(CN1Cc3cc(OC)c(OC)c(F)c3C1=N)c1ccc(OCc3nn[nH]n3)c(C(C)(C)C)c1)c1ccc(OCc3nn[nH]n3)c(C(C)(C)C)c1)C2. The fraction of sp³-hybridized carbons (Fsp3) is 0.408. The van der Waals surface area contributed by atoms with E-state index in [-0.39, 0.29) is 91.0 Å². The average Bonchev–Trinajstić information content (AvgIpc) is 4.16. The summed E-state index contributed by atoms with van der Waals surface area (Å²) in [6.45, 7) is 12.3. The van der Waals surface area contributed by atoms with E-state index in [2.05, 4.69) is 41.2 Å². The number of carbonyl (C=O) groups excluding carboxylic acids is 1. The summed E-state index contributed by atoms with van der Waals surface area (Å²) >= 11 is 0. The van der Waals surface area contributed by atoms with Gasteiger partial charge in [0.15, 0.2) is 53.6 Å². The number of Topliss-reactive ketones (excluding diaryl/α,β-unsaturated/α-hetero) is 1. The molecule has 21 heteroatoms. The Morgan fingerprint density at radius 3 is 1.36 bits per heavy atom. The maximum atomic E-state index is 16.3. The van der Waals surface area contributed by atoms with Crippen molar-refractivity contribution < 1.29 is 42.0 Å². The van der Waals surface area contributed by atoms with E-state index in [9.17, 15) is 10.8 Å². The zero-order chi connectivity index (χ0) is 50.2. The van der Waals surface area contributed by atoms with Crippen LogP contribution in [0, 0.1) is 22.5 Å². The summed E-state index contributed by atoms with van der Waals surface area (Å²) in [6.07, 6.45) is 0. The Kier molecular flexibility index (Phi) is 13.5. The largest absolute Gasteiger partial charge is 0.493 e. The first-order valence-electron chi connectivity index (χ1n) is 22.4. The molecule has 19 nitrogen and oxygen atoms in total. The van der Waals surface area contributed by atoms with Gasteiger partial charge in [-0.25, -0.2) is 8.78 Å². The predicted molar refractivity (Wildman–Crippen MR) is 251 cm³/mol. The molecule has 0 saturated carbocycles. The van der Waals surface area contributed by atoms with Crippen molar-refractivity contribution >= 4 is 17.5 Å². The third-order valence-electron chi connectivity index (χ3n) is 12.6. The van der Waals surface area contributed by atoms with E-state index in [1.165, 1.54) is 28.4 Å². The molecule has 0 fully saturated rings. The van der Waals surface area contributed by atoms with Gasteiger partial charge in [-0.1, -0.05) is 76.2 Å². The summed E-state index contributed by atoms with van der Waals surface area (Å²) in [5, 5.41) is 47.0. The third kappa shape index (κ3) is 9.38. The highest BCUT2D eigenvalue weighted by Gasteiger charge is 2.41. The van der Waals surface area contributed by atoms with E-state index in [0.717, 1.165) is 11.1 Å². The first kappa shape index (κ1) is 48.7. The zero-order valence-corrected chi connectivity index (χ0v) is 40.7. The van der Waals surface area contributed by atoms with Gasteiger partial charge >= 0.3 is 0 Å². The van der Waals surface area contributed by atoms with Gasteiger partial charge in [0, 0.05) is 26.2 Å². The van der Waals surface area contributed by atoms with Crippen molar-refractivity contribution in [3.8, 4) is 34.5 Å². The van der Waals surface area contributed by atoms with Crippen LogP contribution in [0.15, 0.2) is 48.5 Å². The number of aromatic amines is 2. The number of rotatable bonds is 18. The van der Waals surface area contributed by atoms with Gasteiger partial charge < -0.3 is 38.2 Å². The van der Waals surface area contributed by atoms with Crippen LogP contribution >= 0.6 is 0 Å². The number of hydrogen-bond acceptors (Lipinski definition) is 15. The van der Waals surface area contributed by atoms with Crippen LogP contribution < -0.4 is 28.4 Å². The fourth-order valence-electron chi connectivity index (χ4n) is 9.09. The van der Waals surface area contributed by atoms with Crippen molar-refractivity contribution in [1.29, 1.82) is 10.8 Å². The molecule has 368 valence electrons. The van der Waals surface area contributed by atoms with Crippen molar-refractivity contribution in [1.82, 2.24) is 51.0 Å². The lowest BCUT2D eigenvalue weighted by Gasteiger charge is -2.32. The van der Waals surface area contributed by atoms with Gasteiger partial charge in [0.2, 0.25) is 11.6 Å². The van der Waals surface area contributed by atoms with Crippen molar-refractivity contribution in [3.63, 3.8) is 0 Å². The van der Waals surface area contributed by atoms with E-state index in [1.807, 2.05) is 65.8 Å². The molecule has 70 heavy (non-hydrogen) atoms. The first-order valence-corrected chi connectivity index (χ1v) is 22.4. The average molecular weight is 963 g/mol. The molecule has 2 aromatic heterocycles. The number of ether oxygens (including phenoxy) is 6. The molecule has 4 aromatic carbocycles. The summed E-state index contributed by atoms with van der Waals surface area (Å²) in [7, 11) is 5.49. The van der Waals surface area contributed by atoms with Crippen LogP contribution in [0.2, 0.25) is 0 Å². The highest BCUT2D eigenvalue weighted by atomic mass is 19.1. The predicted octanol–water partition coefficient (Wildman–Crippen LogP) is 6.90. The minimum atomic E-state index is -0.984. The number of halogens is 2. The van der Waals surface area contributed by atoms with Gasteiger partial charge in [-0.3, -0.25) is 15.6 Å². The number of methoxy groups -OCH3 is 4. The van der Waals surface area contributed by atoms with Crippen LogP contribution in [0.3, 0.4) is 0 Å². The third-order valence-corrected chi connectivity index (χ3v) is 12.6. The zero-order valence-electron chi connectivity index (χ0n) is 40.7. The minimum absolute atomic E-state index is 0.0263. The molecule has 0 radical (unpaired) electrons. The fourth-order valence-corrected chi connectivity index (χ4v) is 9.09. The number of nitrogens with one attached hydrogen (secondary N) is 4. The standard InChI is InChI=1S/C49H56F2N12O7/c1-48(2,3)31-15-25(11-13-33(31)69-23-37-54-58-59-55-37)29(21-62-19-27-17-35(65-7)44(67-9)41(50)39(27)46(62)52)43(64)30(22-63-20-28-18-36(66-8)45(68-10)42(51)40(28)47(63)53)26-12-14-34(32(16-26)49(4,5)6)70-24-38-56-60-61-57-38/h11-18,29-30,52-53H,19-24H2,1-10H3,(H,54,55,58,59)(H,56,57,60,61). The van der Waals surface area contributed by atoms with Gasteiger partial charge in [-0.15, -0.1) is 20.4 Å². The molecule has 2 unspecified atom stereocenters. The molecule has 0 aliphatic carbocycles. The Morgan fingerprint density at radius 1 is 0.629 bits per heavy atom. The van der Waals surface area contributed by atoms with E-state index in [4.69, 9.17) is 28.4 Å².